The third kappa shape index (κ3) is 6.27. The minimum absolute atomic E-state index is 0.290. The molecule has 0 bridgehead atoms. The summed E-state index contributed by atoms with van der Waals surface area (Å²) in [6, 6.07) is 34.9. The van der Waals surface area contributed by atoms with Crippen molar-refractivity contribution in [1.29, 1.82) is 10.5 Å². The van der Waals surface area contributed by atoms with E-state index in [1.165, 1.54) is 58.9 Å². The number of anilines is 4. The Balaban J connectivity index is 1.01. The molecule has 2 saturated carbocycles. The van der Waals surface area contributed by atoms with Gasteiger partial charge in [0.2, 0.25) is 0 Å². The molecule has 2 heterocycles. The monoisotopic (exact) mass is 710 g/mol. The first kappa shape index (κ1) is 34.4. The van der Waals surface area contributed by atoms with Gasteiger partial charge >= 0.3 is 11.9 Å². The van der Waals surface area contributed by atoms with Crippen LogP contribution < -0.4 is 9.80 Å². The van der Waals surface area contributed by atoms with E-state index in [0.717, 1.165) is 47.9 Å². The van der Waals surface area contributed by atoms with Crippen LogP contribution in [-0.4, -0.2) is 34.2 Å². The van der Waals surface area contributed by atoms with Crippen molar-refractivity contribution in [2.24, 2.45) is 0 Å². The zero-order valence-corrected chi connectivity index (χ0v) is 29.6. The Hall–Kier alpha value is -6.64. The lowest BCUT2D eigenvalue weighted by atomic mass is 9.96. The Morgan fingerprint density at radius 2 is 1.00 bits per heavy atom. The van der Waals surface area contributed by atoms with Crippen LogP contribution in [0.15, 0.2) is 120 Å². The van der Waals surface area contributed by atoms with E-state index in [1.807, 2.05) is 12.2 Å². The molecular formula is C46H38N4O4. The number of carbonyl (C=O) groups is 2. The molecule has 54 heavy (non-hydrogen) atoms. The van der Waals surface area contributed by atoms with Crippen molar-refractivity contribution in [3.8, 4) is 23.3 Å². The molecule has 0 amide bonds. The highest BCUT2D eigenvalue weighted by molar-refractivity contribution is 5.92. The topological polar surface area (TPSA) is 129 Å². The van der Waals surface area contributed by atoms with Gasteiger partial charge < -0.3 is 20.0 Å². The van der Waals surface area contributed by atoms with Crippen molar-refractivity contribution in [3.05, 3.63) is 143 Å². The molecule has 8 nitrogen and oxygen atoms in total. The van der Waals surface area contributed by atoms with Crippen LogP contribution in [0.25, 0.3) is 23.3 Å². The van der Waals surface area contributed by atoms with E-state index in [4.69, 9.17) is 20.7 Å². The van der Waals surface area contributed by atoms with Crippen LogP contribution in [0, 0.1) is 22.7 Å². The average molecular weight is 711 g/mol. The molecule has 2 aliphatic carbocycles. The quantitative estimate of drug-likeness (QED) is 0.0998. The maximum absolute atomic E-state index is 11.2. The van der Waals surface area contributed by atoms with Crippen LogP contribution in [0.3, 0.4) is 0 Å². The van der Waals surface area contributed by atoms with Crippen LogP contribution in [0.1, 0.15) is 72.6 Å². The molecule has 0 aromatic heterocycles. The summed E-state index contributed by atoms with van der Waals surface area (Å²) < 4.78 is 0. The van der Waals surface area contributed by atoms with Crippen LogP contribution in [-0.2, 0) is 9.59 Å². The fourth-order valence-corrected chi connectivity index (χ4v) is 9.08. The van der Waals surface area contributed by atoms with Crippen LogP contribution in [0.5, 0.6) is 0 Å². The first-order valence-corrected chi connectivity index (χ1v) is 18.4. The Kier molecular flexibility index (Phi) is 9.19. The van der Waals surface area contributed by atoms with Crippen LogP contribution in [0.2, 0.25) is 0 Å². The number of rotatable bonds is 9. The van der Waals surface area contributed by atoms with Gasteiger partial charge in [0.25, 0.3) is 0 Å². The predicted octanol–water partition coefficient (Wildman–Crippen LogP) is 10.0. The smallest absolute Gasteiger partial charge is 0.346 e. The molecular weight excluding hydrogens is 673 g/mol. The lowest BCUT2D eigenvalue weighted by Gasteiger charge is -2.28. The standard InChI is InChI=1S/C46H38N4O4/c47-27-33(45(51)52)7-1-5-29-13-23-43-39(25-29)37-9-3-11-41(37)49(43)35-19-15-31(16-20-35)32-17-21-36(22-18-32)50-42-12-4-10-38(42)40-26-30(14-24-44(40)50)6-2-8-34(28-48)46(53)54/h1-2,5-8,13-26,37-38,41-42H,3-4,9-12H2,(H,51,52)(H,53,54)/b5-1-,6-2+,33-7+,34-8-. The Morgan fingerprint density at radius 1 is 0.593 bits per heavy atom. The first-order valence-electron chi connectivity index (χ1n) is 18.4. The summed E-state index contributed by atoms with van der Waals surface area (Å²) in [4.78, 5) is 27.3. The fraction of sp³-hybridized carbons (Fsp3) is 0.217. The van der Waals surface area contributed by atoms with Crippen LogP contribution >= 0.6 is 0 Å². The third-order valence-electron chi connectivity index (χ3n) is 11.5. The molecule has 0 spiro atoms. The van der Waals surface area contributed by atoms with E-state index < -0.39 is 11.9 Å². The van der Waals surface area contributed by atoms with E-state index in [0.29, 0.717) is 23.9 Å². The van der Waals surface area contributed by atoms with Crippen molar-refractivity contribution in [1.82, 2.24) is 0 Å². The number of allylic oxidation sites excluding steroid dienone is 4. The number of hydrogen-bond acceptors (Lipinski definition) is 6. The highest BCUT2D eigenvalue weighted by atomic mass is 16.4. The second-order valence-electron chi connectivity index (χ2n) is 14.4. The number of benzene rings is 4. The molecule has 0 radical (unpaired) electrons. The fourth-order valence-electron chi connectivity index (χ4n) is 9.08. The predicted molar refractivity (Wildman–Crippen MR) is 211 cm³/mol. The molecule has 4 aromatic rings. The maximum Gasteiger partial charge on any atom is 0.346 e. The van der Waals surface area contributed by atoms with Gasteiger partial charge in [-0.15, -0.1) is 0 Å². The maximum atomic E-state index is 11.2. The zero-order valence-electron chi connectivity index (χ0n) is 29.6. The summed E-state index contributed by atoms with van der Waals surface area (Å²) in [7, 11) is 0. The Morgan fingerprint density at radius 3 is 1.37 bits per heavy atom. The molecule has 4 aliphatic rings. The number of carboxylic acids is 2. The van der Waals surface area contributed by atoms with Crippen molar-refractivity contribution >= 4 is 46.8 Å². The second-order valence-corrected chi connectivity index (χ2v) is 14.4. The van der Waals surface area contributed by atoms with E-state index in [1.54, 1.807) is 24.3 Å². The van der Waals surface area contributed by atoms with E-state index >= 15 is 0 Å². The largest absolute Gasteiger partial charge is 0.477 e. The SMILES string of the molecule is N#C/C(=C/C=C/c1ccc2c(c1)C1CCCC1N2c1ccc(-c2ccc(N3c4ccc(/C=C\C=C(/C#N)C(=O)O)cc4C4CCCC43)cc2)cc1)C(=O)O. The Bertz CT molecular complexity index is 2190. The number of aliphatic carboxylic acids is 2. The number of carboxylic acid groups (broad SMARTS) is 2. The Labute approximate surface area is 314 Å². The van der Waals surface area contributed by atoms with Gasteiger partial charge in [-0.2, -0.15) is 10.5 Å². The minimum Gasteiger partial charge on any atom is -0.477 e. The molecule has 2 N–H and O–H groups in total. The lowest BCUT2D eigenvalue weighted by molar-refractivity contribution is -0.133. The molecule has 8 rings (SSSR count). The van der Waals surface area contributed by atoms with E-state index in [2.05, 4.69) is 94.7 Å². The molecule has 8 heteroatoms. The highest BCUT2D eigenvalue weighted by Gasteiger charge is 2.43. The van der Waals surface area contributed by atoms with Crippen molar-refractivity contribution in [2.45, 2.75) is 62.4 Å². The van der Waals surface area contributed by atoms with Crippen molar-refractivity contribution in [3.63, 3.8) is 0 Å². The second kappa shape index (κ2) is 14.4. The molecule has 2 fully saturated rings. The summed E-state index contributed by atoms with van der Waals surface area (Å²) in [6.07, 6.45) is 16.5. The van der Waals surface area contributed by atoms with Gasteiger partial charge in [-0.1, -0.05) is 73.5 Å². The first-order chi connectivity index (χ1) is 26.3. The summed E-state index contributed by atoms with van der Waals surface area (Å²) in [5.74, 6) is -1.56. The molecule has 2 aliphatic heterocycles. The summed E-state index contributed by atoms with van der Waals surface area (Å²) >= 11 is 0. The molecule has 266 valence electrons. The van der Waals surface area contributed by atoms with E-state index in [9.17, 15) is 9.59 Å². The van der Waals surface area contributed by atoms with Crippen LogP contribution in [0.4, 0.5) is 22.7 Å². The summed E-state index contributed by atoms with van der Waals surface area (Å²) in [5.41, 5.74) is 11.2. The summed E-state index contributed by atoms with van der Waals surface area (Å²) in [5, 5.41) is 36.3. The van der Waals surface area contributed by atoms with Gasteiger partial charge in [0.1, 0.15) is 23.3 Å². The number of fused-ring (bicyclic) bond motifs is 6. The third-order valence-corrected chi connectivity index (χ3v) is 11.5. The van der Waals surface area contributed by atoms with Crippen molar-refractivity contribution < 1.29 is 19.8 Å². The van der Waals surface area contributed by atoms with Gasteiger partial charge in [0.05, 0.1) is 0 Å². The molecule has 4 unspecified atom stereocenters. The molecule has 0 saturated heterocycles. The van der Waals surface area contributed by atoms with Crippen molar-refractivity contribution in [2.75, 3.05) is 9.80 Å². The normalized spacial score (nSPS) is 21.5. The van der Waals surface area contributed by atoms with Gasteiger partial charge in [0, 0.05) is 46.7 Å². The minimum atomic E-state index is -1.23. The van der Waals surface area contributed by atoms with Gasteiger partial charge in [-0.25, -0.2) is 9.59 Å². The zero-order chi connectivity index (χ0) is 37.3. The highest BCUT2D eigenvalue weighted by Crippen LogP contribution is 2.54. The number of nitrogens with zero attached hydrogens (tertiary/aromatic N) is 4. The lowest BCUT2D eigenvalue weighted by Crippen LogP contribution is -2.26. The van der Waals surface area contributed by atoms with Gasteiger partial charge in [-0.05, 0) is 120 Å². The number of nitriles is 2. The average Bonchev–Trinajstić information content (AvgIpc) is 3.97. The summed E-state index contributed by atoms with van der Waals surface area (Å²) in [6.45, 7) is 0. The van der Waals surface area contributed by atoms with E-state index in [-0.39, 0.29) is 11.1 Å². The molecule has 4 aromatic carbocycles. The molecule has 4 atom stereocenters. The van der Waals surface area contributed by atoms with Gasteiger partial charge in [-0.3, -0.25) is 0 Å². The number of hydrogen-bond donors (Lipinski definition) is 2. The van der Waals surface area contributed by atoms with Gasteiger partial charge in [0.15, 0.2) is 0 Å².